The molecule has 0 unspecified atom stereocenters. The van der Waals surface area contributed by atoms with Crippen LogP contribution in [0.1, 0.15) is 31.7 Å². The van der Waals surface area contributed by atoms with Crippen molar-refractivity contribution in [1.82, 2.24) is 19.4 Å². The van der Waals surface area contributed by atoms with Crippen LogP contribution in [-0.2, 0) is 9.53 Å². The molecule has 4 aromatic rings. The van der Waals surface area contributed by atoms with Crippen LogP contribution in [0.25, 0.3) is 21.7 Å². The molecule has 1 saturated heterocycles. The van der Waals surface area contributed by atoms with Crippen molar-refractivity contribution in [2.75, 3.05) is 13.2 Å². The zero-order valence-corrected chi connectivity index (χ0v) is 23.1. The van der Waals surface area contributed by atoms with Crippen LogP contribution in [0.2, 0.25) is 0 Å². The Morgan fingerprint density at radius 3 is 2.68 bits per heavy atom. The van der Waals surface area contributed by atoms with Gasteiger partial charge in [-0.2, -0.15) is 0 Å². The smallest absolute Gasteiger partial charge is 0.278 e. The Hall–Kier alpha value is -2.79. The van der Waals surface area contributed by atoms with Gasteiger partial charge in [-0.15, -0.1) is 0 Å². The van der Waals surface area contributed by atoms with E-state index in [-0.39, 0.29) is 17.6 Å². The molecule has 1 N–H and O–H groups in total. The zero-order valence-electron chi connectivity index (χ0n) is 20.7. The third-order valence-electron chi connectivity index (χ3n) is 6.39. The number of amides is 1. The van der Waals surface area contributed by atoms with Crippen LogP contribution < -0.4 is 10.9 Å². The maximum atomic E-state index is 13.9. The summed E-state index contributed by atoms with van der Waals surface area (Å²) in [5.41, 5.74) is 2.93. The van der Waals surface area contributed by atoms with Gasteiger partial charge in [-0.3, -0.25) is 18.7 Å². The van der Waals surface area contributed by atoms with E-state index in [1.165, 1.54) is 23.1 Å². The molecule has 0 spiro atoms. The Morgan fingerprint density at radius 1 is 1.22 bits per heavy atom. The first-order chi connectivity index (χ1) is 18.0. The van der Waals surface area contributed by atoms with Crippen molar-refractivity contribution in [3.8, 4) is 11.4 Å². The van der Waals surface area contributed by atoms with Crippen molar-refractivity contribution in [3.05, 3.63) is 74.5 Å². The van der Waals surface area contributed by atoms with Gasteiger partial charge in [-0.25, -0.2) is 4.98 Å². The van der Waals surface area contributed by atoms with E-state index in [9.17, 15) is 9.59 Å². The fraction of sp³-hybridized carbons (Fsp3) is 0.333. The normalized spacial score (nSPS) is 16.2. The summed E-state index contributed by atoms with van der Waals surface area (Å²) in [7, 11) is 0. The Labute approximate surface area is 228 Å². The lowest BCUT2D eigenvalue weighted by molar-refractivity contribution is -0.121. The average molecular weight is 553 g/mol. The molecule has 7 nitrogen and oxygen atoms in total. The first-order valence-corrected chi connectivity index (χ1v) is 14.4. The molecule has 0 bridgehead atoms. The fourth-order valence-electron chi connectivity index (χ4n) is 4.43. The van der Waals surface area contributed by atoms with Gasteiger partial charge in [0.05, 0.1) is 22.7 Å². The van der Waals surface area contributed by atoms with Gasteiger partial charge in [0.1, 0.15) is 4.70 Å². The number of rotatable bonds is 8. The van der Waals surface area contributed by atoms with Crippen molar-refractivity contribution in [1.29, 1.82) is 0 Å². The minimum Gasteiger partial charge on any atom is -0.376 e. The second-order valence-electron chi connectivity index (χ2n) is 8.91. The molecule has 10 heteroatoms. The molecule has 0 aliphatic carbocycles. The number of aryl methyl sites for hydroxylation is 1. The van der Waals surface area contributed by atoms with Gasteiger partial charge >= 0.3 is 0 Å². The van der Waals surface area contributed by atoms with Gasteiger partial charge in [0.15, 0.2) is 14.8 Å². The molecule has 3 heterocycles. The Balaban J connectivity index is 1.61. The second kappa shape index (κ2) is 11.3. The van der Waals surface area contributed by atoms with Crippen LogP contribution in [0.5, 0.6) is 0 Å². The molecule has 1 amide bonds. The summed E-state index contributed by atoms with van der Waals surface area (Å²) < 4.78 is 10.1. The molecule has 1 aliphatic rings. The highest BCUT2D eigenvalue weighted by atomic mass is 32.2. The van der Waals surface area contributed by atoms with Crippen molar-refractivity contribution in [2.24, 2.45) is 0 Å². The van der Waals surface area contributed by atoms with E-state index >= 15 is 0 Å². The van der Waals surface area contributed by atoms with Gasteiger partial charge in [-0.05, 0) is 62.2 Å². The lowest BCUT2D eigenvalue weighted by Gasteiger charge is -2.19. The van der Waals surface area contributed by atoms with E-state index < -0.39 is 5.25 Å². The van der Waals surface area contributed by atoms with Gasteiger partial charge < -0.3 is 10.1 Å². The van der Waals surface area contributed by atoms with Gasteiger partial charge in [0.2, 0.25) is 5.91 Å². The fourth-order valence-corrected chi connectivity index (χ4v) is 6.77. The number of thioether (sulfide) groups is 1. The predicted molar refractivity (Wildman–Crippen MR) is 152 cm³/mol. The minimum absolute atomic E-state index is 0.0628. The van der Waals surface area contributed by atoms with Crippen LogP contribution in [0.3, 0.4) is 0 Å². The number of ether oxygens (including phenoxy) is 1. The number of thiazole rings is 1. The number of fused-ring (bicyclic) bond motifs is 1. The number of carbonyl (C=O) groups is 1. The number of nitrogens with zero attached hydrogens (tertiary/aromatic N) is 3. The average Bonchev–Trinajstić information content (AvgIpc) is 3.54. The Kier molecular flexibility index (Phi) is 7.89. The van der Waals surface area contributed by atoms with Crippen LogP contribution in [0.15, 0.2) is 64.5 Å². The minimum atomic E-state index is -0.422. The molecule has 2 aromatic heterocycles. The number of hydrogen-bond donors (Lipinski definition) is 1. The molecule has 0 radical (unpaired) electrons. The van der Waals surface area contributed by atoms with E-state index in [0.717, 1.165) is 30.7 Å². The van der Waals surface area contributed by atoms with Crippen molar-refractivity contribution < 1.29 is 9.53 Å². The topological polar surface area (TPSA) is 78.2 Å². The first-order valence-electron chi connectivity index (χ1n) is 12.3. The summed E-state index contributed by atoms with van der Waals surface area (Å²) in [6, 6.07) is 17.3. The highest BCUT2D eigenvalue weighted by molar-refractivity contribution is 8.00. The number of benzene rings is 2. The number of nitrogens with one attached hydrogen (secondary N) is 1. The standard InChI is InChI=1S/C27H28N4O3S3/c1-3-21(24(32)28-16-19-13-9-15-34-19)36-26-29-23-22(25(33)30(26)18-11-5-4-6-12-18)37-27(35)31(23)20-14-8-7-10-17(20)2/h4-8,10-12,14,19,21H,3,9,13,15-16H2,1-2H3,(H,28,32)/t19-,21-/m0/s1. The summed E-state index contributed by atoms with van der Waals surface area (Å²) in [4.78, 5) is 32.0. The third kappa shape index (κ3) is 5.29. The molecule has 1 fully saturated rings. The Bertz CT molecular complexity index is 1540. The molecule has 5 rings (SSSR count). The zero-order chi connectivity index (χ0) is 25.9. The van der Waals surface area contributed by atoms with E-state index in [1.807, 2.05) is 73.0 Å². The molecule has 37 heavy (non-hydrogen) atoms. The van der Waals surface area contributed by atoms with Crippen molar-refractivity contribution in [3.63, 3.8) is 0 Å². The predicted octanol–water partition coefficient (Wildman–Crippen LogP) is 5.44. The third-order valence-corrected chi connectivity index (χ3v) is 9.05. The van der Waals surface area contributed by atoms with Crippen LogP contribution in [0.4, 0.5) is 0 Å². The SMILES string of the molecule is CC[C@H](Sc1nc2c(sc(=S)n2-c2ccccc2C)c(=O)n1-c1ccccc1)C(=O)NC[C@@H]1CCCO1. The molecular weight excluding hydrogens is 525 g/mol. The number of para-hydroxylation sites is 2. The van der Waals surface area contributed by atoms with E-state index in [2.05, 4.69) is 5.32 Å². The van der Waals surface area contributed by atoms with E-state index in [4.69, 9.17) is 21.9 Å². The van der Waals surface area contributed by atoms with Crippen LogP contribution in [-0.4, -0.2) is 44.5 Å². The quantitative estimate of drug-likeness (QED) is 0.178. The van der Waals surface area contributed by atoms with Crippen LogP contribution in [0, 0.1) is 10.9 Å². The summed E-state index contributed by atoms with van der Waals surface area (Å²) in [5, 5.41) is 3.07. The Morgan fingerprint density at radius 2 is 1.97 bits per heavy atom. The summed E-state index contributed by atoms with van der Waals surface area (Å²) in [6.45, 7) is 5.20. The lowest BCUT2D eigenvalue weighted by Crippen LogP contribution is -2.37. The molecule has 192 valence electrons. The monoisotopic (exact) mass is 552 g/mol. The maximum absolute atomic E-state index is 13.9. The highest BCUT2D eigenvalue weighted by Gasteiger charge is 2.26. The largest absolute Gasteiger partial charge is 0.376 e. The number of carbonyl (C=O) groups excluding carboxylic acids is 1. The van der Waals surface area contributed by atoms with Crippen molar-refractivity contribution in [2.45, 2.75) is 49.6 Å². The first kappa shape index (κ1) is 25.8. The van der Waals surface area contributed by atoms with Gasteiger partial charge in [-0.1, -0.05) is 66.4 Å². The maximum Gasteiger partial charge on any atom is 0.278 e. The van der Waals surface area contributed by atoms with Gasteiger partial charge in [0, 0.05) is 13.2 Å². The van der Waals surface area contributed by atoms with E-state index in [1.54, 1.807) is 4.57 Å². The van der Waals surface area contributed by atoms with Gasteiger partial charge in [0.25, 0.3) is 5.56 Å². The number of aromatic nitrogens is 3. The molecule has 2 aromatic carbocycles. The summed E-state index contributed by atoms with van der Waals surface area (Å²) in [5.74, 6) is -0.0852. The van der Waals surface area contributed by atoms with E-state index in [0.29, 0.717) is 38.1 Å². The molecule has 2 atom stereocenters. The second-order valence-corrected chi connectivity index (χ2v) is 11.7. The molecule has 1 aliphatic heterocycles. The highest BCUT2D eigenvalue weighted by Crippen LogP contribution is 2.31. The summed E-state index contributed by atoms with van der Waals surface area (Å²) in [6.07, 6.45) is 2.62. The lowest BCUT2D eigenvalue weighted by atomic mass is 10.2. The molecular formula is C27H28N4O3S3. The number of hydrogen-bond acceptors (Lipinski definition) is 7. The van der Waals surface area contributed by atoms with Crippen molar-refractivity contribution >= 4 is 51.6 Å². The van der Waals surface area contributed by atoms with Crippen LogP contribution >= 0.6 is 35.3 Å². The molecule has 0 saturated carbocycles. The summed E-state index contributed by atoms with van der Waals surface area (Å²) >= 11 is 8.27.